The lowest BCUT2D eigenvalue weighted by Crippen LogP contribution is -2.00. The molecule has 1 heterocycles. The monoisotopic (exact) mass is 311 g/mol. The van der Waals surface area contributed by atoms with Crippen molar-refractivity contribution in [3.05, 3.63) is 39.7 Å². The number of aryl methyl sites for hydroxylation is 1. The molecule has 0 aliphatic carbocycles. The van der Waals surface area contributed by atoms with Crippen molar-refractivity contribution in [2.24, 2.45) is 0 Å². The Balaban J connectivity index is 2.35. The molecule has 0 unspecified atom stereocenters. The van der Waals surface area contributed by atoms with Crippen LogP contribution in [0.3, 0.4) is 0 Å². The number of benzene rings is 1. The van der Waals surface area contributed by atoms with E-state index >= 15 is 0 Å². The van der Waals surface area contributed by atoms with Gasteiger partial charge in [-0.25, -0.2) is 9.78 Å². The van der Waals surface area contributed by atoms with E-state index in [4.69, 9.17) is 5.11 Å². The molecule has 0 spiro atoms. The minimum Gasteiger partial charge on any atom is -0.478 e. The average Bonchev–Trinajstić information content (AvgIpc) is 2.86. The normalized spacial score (nSPS) is 10.4. The molecule has 2 rings (SSSR count). The zero-order chi connectivity index (χ0) is 14.7. The number of carbonyl (C=O) groups is 1. The summed E-state index contributed by atoms with van der Waals surface area (Å²) in [4.78, 5) is 25.9. The Morgan fingerprint density at radius 3 is 2.85 bits per heavy atom. The molecular formula is C11H9N3O4S2. The van der Waals surface area contributed by atoms with Crippen LogP contribution in [0, 0.1) is 10.1 Å². The van der Waals surface area contributed by atoms with E-state index in [0.717, 1.165) is 17.8 Å². The number of non-ortho nitro benzene ring substituents is 1. The number of carboxylic acid groups (broad SMARTS) is 1. The van der Waals surface area contributed by atoms with Crippen molar-refractivity contribution in [3.8, 4) is 0 Å². The lowest BCUT2D eigenvalue weighted by Gasteiger charge is -2.03. The van der Waals surface area contributed by atoms with Gasteiger partial charge in [0.15, 0.2) is 4.34 Å². The van der Waals surface area contributed by atoms with Crippen LogP contribution in [-0.2, 0) is 6.42 Å². The van der Waals surface area contributed by atoms with Gasteiger partial charge in [-0.15, -0.1) is 0 Å². The second-order valence-corrected chi connectivity index (χ2v) is 5.72. The van der Waals surface area contributed by atoms with Gasteiger partial charge < -0.3 is 5.11 Å². The highest BCUT2D eigenvalue weighted by Crippen LogP contribution is 2.33. The average molecular weight is 311 g/mol. The van der Waals surface area contributed by atoms with Gasteiger partial charge in [0.25, 0.3) is 5.69 Å². The highest BCUT2D eigenvalue weighted by Gasteiger charge is 2.18. The Morgan fingerprint density at radius 2 is 2.30 bits per heavy atom. The first-order valence-electron chi connectivity index (χ1n) is 5.53. The Morgan fingerprint density at radius 1 is 1.55 bits per heavy atom. The van der Waals surface area contributed by atoms with Crippen molar-refractivity contribution in [2.45, 2.75) is 22.6 Å². The summed E-state index contributed by atoms with van der Waals surface area (Å²) in [6.07, 6.45) is 0.698. The van der Waals surface area contributed by atoms with Gasteiger partial charge in [0.1, 0.15) is 5.82 Å². The molecule has 1 aromatic carbocycles. The van der Waals surface area contributed by atoms with E-state index in [-0.39, 0.29) is 11.3 Å². The number of aromatic carboxylic acids is 1. The number of rotatable bonds is 5. The van der Waals surface area contributed by atoms with Gasteiger partial charge in [-0.1, -0.05) is 18.7 Å². The summed E-state index contributed by atoms with van der Waals surface area (Å²) in [5.74, 6) is -0.521. The van der Waals surface area contributed by atoms with Crippen LogP contribution in [0.5, 0.6) is 0 Å². The van der Waals surface area contributed by atoms with Crippen LogP contribution in [-0.4, -0.2) is 25.4 Å². The number of hydrogen-bond acceptors (Lipinski definition) is 7. The first kappa shape index (κ1) is 14.4. The van der Waals surface area contributed by atoms with Crippen molar-refractivity contribution in [3.63, 3.8) is 0 Å². The fourth-order valence-electron chi connectivity index (χ4n) is 1.40. The summed E-state index contributed by atoms with van der Waals surface area (Å²) >= 11 is 2.32. The zero-order valence-electron chi connectivity index (χ0n) is 10.3. The van der Waals surface area contributed by atoms with Gasteiger partial charge in [0.05, 0.1) is 10.5 Å². The Labute approximate surface area is 122 Å². The molecule has 2 aromatic rings. The molecule has 0 atom stereocenters. The van der Waals surface area contributed by atoms with Crippen LogP contribution < -0.4 is 0 Å². The largest absolute Gasteiger partial charge is 0.478 e. The van der Waals surface area contributed by atoms with Gasteiger partial charge in [-0.3, -0.25) is 10.1 Å². The Bertz CT molecular complexity index is 671. The molecule has 20 heavy (non-hydrogen) atoms. The van der Waals surface area contributed by atoms with Crippen molar-refractivity contribution in [1.29, 1.82) is 0 Å². The minimum atomic E-state index is -1.21. The highest BCUT2D eigenvalue weighted by atomic mass is 32.2. The predicted molar refractivity (Wildman–Crippen MR) is 73.5 cm³/mol. The fourth-order valence-corrected chi connectivity index (χ4v) is 3.17. The topological polar surface area (TPSA) is 106 Å². The lowest BCUT2D eigenvalue weighted by molar-refractivity contribution is -0.384. The molecule has 0 saturated heterocycles. The Kier molecular flexibility index (Phi) is 4.30. The van der Waals surface area contributed by atoms with Crippen LogP contribution in [0.25, 0.3) is 0 Å². The summed E-state index contributed by atoms with van der Waals surface area (Å²) in [6.45, 7) is 1.92. The lowest BCUT2D eigenvalue weighted by atomic mass is 10.2. The second-order valence-electron chi connectivity index (χ2n) is 3.67. The SMILES string of the molecule is CCc1nsc(Sc2ccc([N+](=O)[O-])cc2C(=O)O)n1. The van der Waals surface area contributed by atoms with Gasteiger partial charge >= 0.3 is 5.97 Å². The molecule has 0 aliphatic rings. The summed E-state index contributed by atoms with van der Waals surface area (Å²) in [6, 6.07) is 3.74. The molecule has 0 saturated carbocycles. The van der Waals surface area contributed by atoms with E-state index in [0.29, 0.717) is 21.5 Å². The fraction of sp³-hybridized carbons (Fsp3) is 0.182. The third kappa shape index (κ3) is 3.11. The van der Waals surface area contributed by atoms with E-state index in [2.05, 4.69) is 9.36 Å². The van der Waals surface area contributed by atoms with Crippen molar-refractivity contribution < 1.29 is 14.8 Å². The minimum absolute atomic E-state index is 0.113. The maximum Gasteiger partial charge on any atom is 0.337 e. The van der Waals surface area contributed by atoms with Gasteiger partial charge in [-0.05, 0) is 17.6 Å². The van der Waals surface area contributed by atoms with E-state index in [9.17, 15) is 14.9 Å². The Hall–Kier alpha value is -2.00. The van der Waals surface area contributed by atoms with Crippen molar-refractivity contribution in [2.75, 3.05) is 0 Å². The third-order valence-corrected chi connectivity index (χ3v) is 4.23. The summed E-state index contributed by atoms with van der Waals surface area (Å²) in [5, 5.41) is 19.8. The second kappa shape index (κ2) is 5.97. The van der Waals surface area contributed by atoms with Crippen LogP contribution in [0.2, 0.25) is 0 Å². The number of aromatic nitrogens is 2. The molecule has 0 amide bonds. The number of nitro groups is 1. The third-order valence-electron chi connectivity index (χ3n) is 2.37. The zero-order valence-corrected chi connectivity index (χ0v) is 11.9. The van der Waals surface area contributed by atoms with Crippen LogP contribution in [0.4, 0.5) is 5.69 Å². The molecule has 104 valence electrons. The van der Waals surface area contributed by atoms with E-state index in [1.807, 2.05) is 6.92 Å². The van der Waals surface area contributed by atoms with Gasteiger partial charge in [0.2, 0.25) is 0 Å². The summed E-state index contributed by atoms with van der Waals surface area (Å²) in [7, 11) is 0. The first-order valence-corrected chi connectivity index (χ1v) is 7.12. The first-order chi connectivity index (χ1) is 9.51. The van der Waals surface area contributed by atoms with Gasteiger partial charge in [0, 0.05) is 23.4 Å². The van der Waals surface area contributed by atoms with Crippen LogP contribution in [0.1, 0.15) is 23.1 Å². The maximum atomic E-state index is 11.2. The number of nitrogens with zero attached hydrogens (tertiary/aromatic N) is 3. The predicted octanol–water partition coefficient (Wildman–Crippen LogP) is 2.86. The van der Waals surface area contributed by atoms with Crippen LogP contribution in [0.15, 0.2) is 27.4 Å². The molecule has 1 N–H and O–H groups in total. The quantitative estimate of drug-likeness (QED) is 0.668. The highest BCUT2D eigenvalue weighted by molar-refractivity contribution is 8.01. The molecule has 7 nitrogen and oxygen atoms in total. The molecule has 9 heteroatoms. The number of hydrogen-bond donors (Lipinski definition) is 1. The standard InChI is InChI=1S/C11H9N3O4S2/c1-2-9-12-11(20-13-9)19-8-4-3-6(14(17)18)5-7(8)10(15)16/h3-5H,2H2,1H3,(H,15,16). The van der Waals surface area contributed by atoms with Crippen molar-refractivity contribution in [1.82, 2.24) is 9.36 Å². The summed E-state index contributed by atoms with van der Waals surface area (Å²) < 4.78 is 4.71. The van der Waals surface area contributed by atoms with E-state index in [1.54, 1.807) is 0 Å². The number of carboxylic acids is 1. The summed E-state index contributed by atoms with van der Waals surface area (Å²) in [5.41, 5.74) is -0.365. The molecule has 0 fully saturated rings. The van der Waals surface area contributed by atoms with Crippen LogP contribution >= 0.6 is 23.3 Å². The van der Waals surface area contributed by atoms with Crippen molar-refractivity contribution >= 4 is 35.0 Å². The molecule has 1 aromatic heterocycles. The maximum absolute atomic E-state index is 11.2. The molecule has 0 bridgehead atoms. The van der Waals surface area contributed by atoms with E-state index in [1.165, 1.54) is 23.7 Å². The number of nitro benzene ring substituents is 1. The molecule has 0 radical (unpaired) electrons. The smallest absolute Gasteiger partial charge is 0.337 e. The van der Waals surface area contributed by atoms with E-state index < -0.39 is 10.9 Å². The molecular weight excluding hydrogens is 302 g/mol. The van der Waals surface area contributed by atoms with Gasteiger partial charge in [-0.2, -0.15) is 4.37 Å². The molecule has 0 aliphatic heterocycles.